The fourth-order valence-electron chi connectivity index (χ4n) is 3.88. The van der Waals surface area contributed by atoms with Crippen molar-refractivity contribution in [3.05, 3.63) is 23.9 Å². The summed E-state index contributed by atoms with van der Waals surface area (Å²) in [5.74, 6) is 0.0659. The van der Waals surface area contributed by atoms with E-state index in [9.17, 15) is 21.6 Å². The molecule has 0 radical (unpaired) electrons. The van der Waals surface area contributed by atoms with E-state index in [0.717, 1.165) is 18.5 Å². The number of anilines is 2. The molecular formula is C20H25F3N6O4S. The molecule has 4 heterocycles. The van der Waals surface area contributed by atoms with Crippen LogP contribution in [0.25, 0.3) is 11.3 Å². The van der Waals surface area contributed by atoms with Crippen molar-refractivity contribution in [2.45, 2.75) is 25.1 Å². The molecule has 0 aliphatic carbocycles. The molecule has 2 aromatic heterocycles. The van der Waals surface area contributed by atoms with Gasteiger partial charge < -0.3 is 20.1 Å². The van der Waals surface area contributed by atoms with E-state index < -0.39 is 21.8 Å². The summed E-state index contributed by atoms with van der Waals surface area (Å²) in [6.45, 7) is 2.40. The second-order valence-electron chi connectivity index (χ2n) is 8.12. The molecule has 14 heteroatoms. The number of aromatic nitrogens is 3. The normalized spacial score (nSPS) is 18.8. The predicted octanol–water partition coefficient (Wildman–Crippen LogP) is 1.78. The molecule has 2 saturated heterocycles. The highest BCUT2D eigenvalue weighted by Gasteiger charge is 2.35. The summed E-state index contributed by atoms with van der Waals surface area (Å²) in [6.07, 6.45) is -1.97. The average molecular weight is 503 g/mol. The van der Waals surface area contributed by atoms with Gasteiger partial charge in [-0.3, -0.25) is 0 Å². The molecule has 186 valence electrons. The second-order valence-corrected chi connectivity index (χ2v) is 10.1. The van der Waals surface area contributed by atoms with Gasteiger partial charge in [-0.15, -0.1) is 0 Å². The molecule has 2 N–H and O–H groups in total. The number of pyridine rings is 1. The lowest BCUT2D eigenvalue weighted by Gasteiger charge is -2.31. The molecule has 2 fully saturated rings. The van der Waals surface area contributed by atoms with Crippen molar-refractivity contribution in [1.82, 2.24) is 19.3 Å². The van der Waals surface area contributed by atoms with E-state index in [-0.39, 0.29) is 48.1 Å². The summed E-state index contributed by atoms with van der Waals surface area (Å²) in [4.78, 5) is 14.5. The zero-order valence-corrected chi connectivity index (χ0v) is 19.3. The number of nitrogens with two attached hydrogens (primary N) is 1. The minimum absolute atomic E-state index is 0.000103. The van der Waals surface area contributed by atoms with Crippen LogP contribution >= 0.6 is 0 Å². The first-order valence-corrected chi connectivity index (χ1v) is 12.5. The zero-order chi connectivity index (χ0) is 24.5. The monoisotopic (exact) mass is 502 g/mol. The van der Waals surface area contributed by atoms with Crippen molar-refractivity contribution in [2.75, 3.05) is 56.3 Å². The molecule has 2 aromatic rings. The van der Waals surface area contributed by atoms with Gasteiger partial charge in [-0.1, -0.05) is 0 Å². The molecule has 34 heavy (non-hydrogen) atoms. The highest BCUT2D eigenvalue weighted by Crippen LogP contribution is 2.38. The van der Waals surface area contributed by atoms with Gasteiger partial charge in [0.25, 0.3) is 0 Å². The quantitative estimate of drug-likeness (QED) is 0.652. The Bertz CT molecular complexity index is 1130. The molecule has 0 unspecified atom stereocenters. The fraction of sp³-hybridized carbons (Fsp3) is 0.550. The first kappa shape index (κ1) is 24.4. The summed E-state index contributed by atoms with van der Waals surface area (Å²) in [6, 6.07) is 2.11. The van der Waals surface area contributed by atoms with E-state index in [1.165, 1.54) is 10.4 Å². The van der Waals surface area contributed by atoms with Gasteiger partial charge in [0, 0.05) is 44.0 Å². The van der Waals surface area contributed by atoms with Crippen LogP contribution in [0.3, 0.4) is 0 Å². The SMILES string of the molecule is CS(=O)(=O)N1CCC(Oc2cc(-c3cnc(N)cc3C(F)(F)F)nc(N3CCOCC3)n2)CC1. The highest BCUT2D eigenvalue weighted by atomic mass is 32.2. The molecule has 0 aromatic carbocycles. The second kappa shape index (κ2) is 9.50. The third kappa shape index (κ3) is 5.67. The lowest BCUT2D eigenvalue weighted by atomic mass is 10.1. The number of morpholine rings is 1. The van der Waals surface area contributed by atoms with Crippen LogP contribution in [0, 0.1) is 0 Å². The number of nitrogens with zero attached hydrogens (tertiary/aromatic N) is 5. The number of hydrogen-bond donors (Lipinski definition) is 1. The maximum atomic E-state index is 13.7. The van der Waals surface area contributed by atoms with Gasteiger partial charge in [0.15, 0.2) is 0 Å². The van der Waals surface area contributed by atoms with E-state index in [2.05, 4.69) is 15.0 Å². The highest BCUT2D eigenvalue weighted by molar-refractivity contribution is 7.88. The van der Waals surface area contributed by atoms with Crippen molar-refractivity contribution in [3.8, 4) is 17.1 Å². The number of halogens is 3. The summed E-state index contributed by atoms with van der Waals surface area (Å²) >= 11 is 0. The summed E-state index contributed by atoms with van der Waals surface area (Å²) in [7, 11) is -3.30. The largest absolute Gasteiger partial charge is 0.474 e. The number of hydrogen-bond acceptors (Lipinski definition) is 9. The van der Waals surface area contributed by atoms with E-state index in [1.807, 2.05) is 4.90 Å². The number of rotatable bonds is 5. The smallest absolute Gasteiger partial charge is 0.417 e. The summed E-state index contributed by atoms with van der Waals surface area (Å²) in [5, 5.41) is 0. The minimum atomic E-state index is -4.67. The molecule has 10 nitrogen and oxygen atoms in total. The van der Waals surface area contributed by atoms with Crippen LogP contribution in [0.5, 0.6) is 5.88 Å². The Labute approximate surface area is 194 Å². The van der Waals surface area contributed by atoms with Crippen molar-refractivity contribution in [2.24, 2.45) is 0 Å². The Balaban J connectivity index is 1.68. The third-order valence-electron chi connectivity index (χ3n) is 5.65. The van der Waals surface area contributed by atoms with E-state index >= 15 is 0 Å². The van der Waals surface area contributed by atoms with Crippen molar-refractivity contribution >= 4 is 21.8 Å². The molecular weight excluding hydrogens is 477 g/mol. The summed E-state index contributed by atoms with van der Waals surface area (Å²) in [5.41, 5.74) is 4.31. The van der Waals surface area contributed by atoms with Crippen molar-refractivity contribution < 1.29 is 31.1 Å². The van der Waals surface area contributed by atoms with Crippen LogP contribution in [0.4, 0.5) is 24.9 Å². The van der Waals surface area contributed by atoms with E-state index in [1.54, 1.807) is 0 Å². The predicted molar refractivity (Wildman–Crippen MR) is 118 cm³/mol. The molecule has 4 rings (SSSR count). The van der Waals surface area contributed by atoms with Gasteiger partial charge >= 0.3 is 6.18 Å². The first-order valence-electron chi connectivity index (χ1n) is 10.7. The van der Waals surface area contributed by atoms with Crippen LogP contribution in [0.2, 0.25) is 0 Å². The van der Waals surface area contributed by atoms with Gasteiger partial charge in [-0.25, -0.2) is 22.7 Å². The maximum absolute atomic E-state index is 13.7. The average Bonchev–Trinajstić information content (AvgIpc) is 2.78. The van der Waals surface area contributed by atoms with Crippen LogP contribution in [-0.4, -0.2) is 79.4 Å². The van der Waals surface area contributed by atoms with Gasteiger partial charge in [0.1, 0.15) is 11.9 Å². The first-order chi connectivity index (χ1) is 16.0. The topological polar surface area (TPSA) is 124 Å². The van der Waals surface area contributed by atoms with Crippen LogP contribution < -0.4 is 15.4 Å². The van der Waals surface area contributed by atoms with Crippen LogP contribution in [0.15, 0.2) is 18.3 Å². The molecule has 2 aliphatic rings. The Kier molecular flexibility index (Phi) is 6.82. The number of sulfonamides is 1. The molecule has 0 bridgehead atoms. The Morgan fingerprint density at radius 1 is 1.12 bits per heavy atom. The maximum Gasteiger partial charge on any atom is 0.417 e. The molecule has 0 amide bonds. The van der Waals surface area contributed by atoms with Gasteiger partial charge in [-0.2, -0.15) is 18.2 Å². The molecule has 0 saturated carbocycles. The van der Waals surface area contributed by atoms with E-state index in [4.69, 9.17) is 15.2 Å². The number of alkyl halides is 3. The van der Waals surface area contributed by atoms with Gasteiger partial charge in [0.2, 0.25) is 21.9 Å². The number of ether oxygens (including phenoxy) is 2. The van der Waals surface area contributed by atoms with Gasteiger partial charge in [0.05, 0.1) is 30.7 Å². The van der Waals surface area contributed by atoms with Crippen LogP contribution in [0.1, 0.15) is 18.4 Å². The Morgan fingerprint density at radius 2 is 1.79 bits per heavy atom. The lowest BCUT2D eigenvalue weighted by Crippen LogP contribution is -2.41. The lowest BCUT2D eigenvalue weighted by molar-refractivity contribution is -0.137. The molecule has 2 aliphatic heterocycles. The zero-order valence-electron chi connectivity index (χ0n) is 18.5. The Hall–Kier alpha value is -2.71. The molecule has 0 atom stereocenters. The van der Waals surface area contributed by atoms with Gasteiger partial charge in [-0.05, 0) is 18.9 Å². The minimum Gasteiger partial charge on any atom is -0.474 e. The fourth-order valence-corrected chi connectivity index (χ4v) is 4.75. The van der Waals surface area contributed by atoms with Crippen LogP contribution in [-0.2, 0) is 20.9 Å². The van der Waals surface area contributed by atoms with Crippen molar-refractivity contribution in [3.63, 3.8) is 0 Å². The van der Waals surface area contributed by atoms with Crippen molar-refractivity contribution in [1.29, 1.82) is 0 Å². The summed E-state index contributed by atoms with van der Waals surface area (Å²) < 4.78 is 77.4. The molecule has 0 spiro atoms. The Morgan fingerprint density at radius 3 is 2.41 bits per heavy atom. The number of piperidine rings is 1. The van der Waals surface area contributed by atoms with E-state index in [0.29, 0.717) is 39.1 Å². The number of nitrogen functional groups attached to an aromatic ring is 1. The third-order valence-corrected chi connectivity index (χ3v) is 6.95. The standard InChI is InChI=1S/C20H25F3N6O4S/c1-34(30,31)29-4-2-13(3-5-29)33-18-11-16(26-19(27-18)28-6-8-32-9-7-28)14-12-25-17(24)10-15(14)20(21,22)23/h10-13H,2-9H2,1H3,(H2,24,25).